The summed E-state index contributed by atoms with van der Waals surface area (Å²) in [6.07, 6.45) is 2.77. The first-order valence-corrected chi connectivity index (χ1v) is 5.67. The Morgan fingerprint density at radius 2 is 2.18 bits per heavy atom. The number of aliphatic carboxylic acids is 1. The van der Waals surface area contributed by atoms with Crippen LogP contribution >= 0.6 is 0 Å². The standard InChI is InChI=1S/C12H19NO4/c1-4-7-17-11(16)13-9(8-5-6-8)12(2,3)10(14)15/h4,8-9H,1,5-7H2,2-3H3,(H,13,16)(H,14,15)/t9-/m1/s1. The second-order valence-electron chi connectivity index (χ2n) is 4.87. The Balaban J connectivity index is 2.63. The molecule has 1 aliphatic rings. The molecule has 1 saturated carbocycles. The number of ether oxygens (including phenoxy) is 1. The molecule has 0 bridgehead atoms. The molecular formula is C12H19NO4. The van der Waals surface area contributed by atoms with Crippen molar-refractivity contribution in [2.75, 3.05) is 6.61 Å². The van der Waals surface area contributed by atoms with Gasteiger partial charge in [-0.3, -0.25) is 4.79 Å². The van der Waals surface area contributed by atoms with Crippen molar-refractivity contribution in [2.45, 2.75) is 32.7 Å². The van der Waals surface area contributed by atoms with Crippen LogP contribution in [-0.4, -0.2) is 29.8 Å². The zero-order valence-electron chi connectivity index (χ0n) is 10.2. The predicted molar refractivity (Wildman–Crippen MR) is 62.6 cm³/mol. The molecule has 0 radical (unpaired) electrons. The molecule has 5 nitrogen and oxygen atoms in total. The van der Waals surface area contributed by atoms with Crippen molar-refractivity contribution in [2.24, 2.45) is 11.3 Å². The Bertz CT molecular complexity index is 320. The van der Waals surface area contributed by atoms with Crippen LogP contribution in [0.15, 0.2) is 12.7 Å². The molecule has 0 heterocycles. The molecule has 1 fully saturated rings. The van der Waals surface area contributed by atoms with Crippen molar-refractivity contribution in [3.63, 3.8) is 0 Å². The van der Waals surface area contributed by atoms with E-state index in [9.17, 15) is 9.59 Å². The van der Waals surface area contributed by atoms with E-state index in [1.807, 2.05) is 0 Å². The first-order valence-electron chi connectivity index (χ1n) is 5.67. The summed E-state index contributed by atoms with van der Waals surface area (Å²) in [6, 6.07) is -0.391. The van der Waals surface area contributed by atoms with E-state index in [2.05, 4.69) is 11.9 Å². The molecule has 0 unspecified atom stereocenters. The molecule has 0 spiro atoms. The molecule has 0 aliphatic heterocycles. The Morgan fingerprint density at radius 1 is 1.59 bits per heavy atom. The summed E-state index contributed by atoms with van der Waals surface area (Å²) in [5.74, 6) is -0.684. The molecule has 2 N–H and O–H groups in total. The first kappa shape index (κ1) is 13.5. The normalized spacial score (nSPS) is 17.1. The summed E-state index contributed by atoms with van der Waals surface area (Å²) in [5, 5.41) is 11.8. The number of hydrogen-bond acceptors (Lipinski definition) is 3. The molecule has 1 atom stereocenters. The summed E-state index contributed by atoms with van der Waals surface area (Å²) in [5.41, 5.74) is -0.992. The maximum Gasteiger partial charge on any atom is 0.407 e. The number of carbonyl (C=O) groups excluding carboxylic acids is 1. The van der Waals surface area contributed by atoms with E-state index in [0.29, 0.717) is 0 Å². The van der Waals surface area contributed by atoms with Crippen molar-refractivity contribution in [3.05, 3.63) is 12.7 Å². The minimum absolute atomic E-state index is 0.122. The van der Waals surface area contributed by atoms with Gasteiger partial charge in [0.1, 0.15) is 6.61 Å². The third kappa shape index (κ3) is 3.47. The van der Waals surface area contributed by atoms with E-state index in [-0.39, 0.29) is 12.5 Å². The average Bonchev–Trinajstić information content (AvgIpc) is 3.06. The number of amides is 1. The molecule has 1 rings (SSSR count). The highest BCUT2D eigenvalue weighted by Gasteiger charge is 2.46. The van der Waals surface area contributed by atoms with E-state index in [0.717, 1.165) is 12.8 Å². The van der Waals surface area contributed by atoms with Crippen LogP contribution < -0.4 is 5.32 Å². The van der Waals surface area contributed by atoms with Crippen LogP contribution in [0.4, 0.5) is 4.79 Å². The van der Waals surface area contributed by atoms with Crippen molar-refractivity contribution in [3.8, 4) is 0 Å². The molecule has 0 saturated heterocycles. The van der Waals surface area contributed by atoms with Gasteiger partial charge in [-0.15, -0.1) is 0 Å². The number of nitrogens with one attached hydrogen (secondary N) is 1. The highest BCUT2D eigenvalue weighted by atomic mass is 16.5. The number of rotatable bonds is 6. The van der Waals surface area contributed by atoms with Crippen molar-refractivity contribution >= 4 is 12.1 Å². The Kier molecular flexibility index (Phi) is 4.15. The summed E-state index contributed by atoms with van der Waals surface area (Å²) in [7, 11) is 0. The third-order valence-electron chi connectivity index (χ3n) is 3.03. The van der Waals surface area contributed by atoms with Gasteiger partial charge in [-0.25, -0.2) is 4.79 Å². The van der Waals surface area contributed by atoms with Gasteiger partial charge >= 0.3 is 12.1 Å². The lowest BCUT2D eigenvalue weighted by atomic mass is 9.82. The zero-order valence-corrected chi connectivity index (χ0v) is 10.2. The Morgan fingerprint density at radius 3 is 2.59 bits per heavy atom. The van der Waals surface area contributed by atoms with E-state index in [4.69, 9.17) is 9.84 Å². The lowest BCUT2D eigenvalue weighted by Gasteiger charge is -2.30. The van der Waals surface area contributed by atoms with Crippen LogP contribution in [0.3, 0.4) is 0 Å². The molecule has 0 aromatic rings. The molecule has 17 heavy (non-hydrogen) atoms. The SMILES string of the molecule is C=CCOC(=O)N[C@H](C1CC1)C(C)(C)C(=O)O. The predicted octanol–water partition coefficient (Wildman–Crippen LogP) is 1.79. The van der Waals surface area contributed by atoms with Crippen LogP contribution in [0.2, 0.25) is 0 Å². The highest BCUT2D eigenvalue weighted by molar-refractivity contribution is 5.76. The summed E-state index contributed by atoms with van der Waals surface area (Å²) < 4.78 is 4.81. The summed E-state index contributed by atoms with van der Waals surface area (Å²) in [4.78, 5) is 22.6. The number of alkyl carbamates (subject to hydrolysis) is 1. The lowest BCUT2D eigenvalue weighted by Crippen LogP contribution is -2.50. The van der Waals surface area contributed by atoms with Gasteiger partial charge in [-0.2, -0.15) is 0 Å². The molecule has 0 aromatic carbocycles. The van der Waals surface area contributed by atoms with Gasteiger partial charge in [0, 0.05) is 0 Å². The van der Waals surface area contributed by atoms with Crippen LogP contribution in [0.5, 0.6) is 0 Å². The van der Waals surface area contributed by atoms with Crippen LogP contribution in [0.1, 0.15) is 26.7 Å². The fourth-order valence-electron chi connectivity index (χ4n) is 1.75. The lowest BCUT2D eigenvalue weighted by molar-refractivity contribution is -0.148. The number of hydrogen-bond donors (Lipinski definition) is 2. The fraction of sp³-hybridized carbons (Fsp3) is 0.667. The highest BCUT2D eigenvalue weighted by Crippen LogP contribution is 2.40. The Hall–Kier alpha value is -1.52. The minimum Gasteiger partial charge on any atom is -0.481 e. The fourth-order valence-corrected chi connectivity index (χ4v) is 1.75. The van der Waals surface area contributed by atoms with Crippen LogP contribution in [0, 0.1) is 11.3 Å². The van der Waals surface area contributed by atoms with E-state index in [1.54, 1.807) is 13.8 Å². The number of carboxylic acid groups (broad SMARTS) is 1. The van der Waals surface area contributed by atoms with Gasteiger partial charge in [-0.05, 0) is 32.6 Å². The van der Waals surface area contributed by atoms with Gasteiger partial charge in [0.2, 0.25) is 0 Å². The zero-order chi connectivity index (χ0) is 13.1. The Labute approximate surface area is 101 Å². The van der Waals surface area contributed by atoms with E-state index in [1.165, 1.54) is 6.08 Å². The van der Waals surface area contributed by atoms with Crippen molar-refractivity contribution in [1.82, 2.24) is 5.32 Å². The van der Waals surface area contributed by atoms with Gasteiger partial charge in [0.15, 0.2) is 0 Å². The van der Waals surface area contributed by atoms with Gasteiger partial charge in [-0.1, -0.05) is 12.7 Å². The second kappa shape index (κ2) is 5.21. The van der Waals surface area contributed by atoms with Gasteiger partial charge in [0.25, 0.3) is 0 Å². The quantitative estimate of drug-likeness (QED) is 0.695. The molecule has 1 amide bonds. The molecule has 0 aromatic heterocycles. The molecule has 1 aliphatic carbocycles. The number of carboxylic acids is 1. The topological polar surface area (TPSA) is 75.6 Å². The van der Waals surface area contributed by atoms with Crippen molar-refractivity contribution in [1.29, 1.82) is 0 Å². The minimum atomic E-state index is -0.992. The maximum atomic E-state index is 11.4. The van der Waals surface area contributed by atoms with Crippen LogP contribution in [0.25, 0.3) is 0 Å². The van der Waals surface area contributed by atoms with Gasteiger partial charge < -0.3 is 15.2 Å². The van der Waals surface area contributed by atoms with Crippen molar-refractivity contribution < 1.29 is 19.4 Å². The van der Waals surface area contributed by atoms with Crippen LogP contribution in [-0.2, 0) is 9.53 Å². The summed E-state index contributed by atoms with van der Waals surface area (Å²) in [6.45, 7) is 6.79. The third-order valence-corrected chi connectivity index (χ3v) is 3.03. The average molecular weight is 241 g/mol. The second-order valence-corrected chi connectivity index (χ2v) is 4.87. The van der Waals surface area contributed by atoms with E-state index >= 15 is 0 Å². The molecular weight excluding hydrogens is 222 g/mol. The molecule has 5 heteroatoms. The van der Waals surface area contributed by atoms with Gasteiger partial charge in [0.05, 0.1) is 11.5 Å². The maximum absolute atomic E-state index is 11.4. The first-order chi connectivity index (χ1) is 7.89. The summed E-state index contributed by atoms with van der Waals surface area (Å²) >= 11 is 0. The smallest absolute Gasteiger partial charge is 0.407 e. The number of carbonyl (C=O) groups is 2. The molecule has 96 valence electrons. The largest absolute Gasteiger partial charge is 0.481 e. The monoisotopic (exact) mass is 241 g/mol. The van der Waals surface area contributed by atoms with E-state index < -0.39 is 23.5 Å².